The van der Waals surface area contributed by atoms with Gasteiger partial charge in [0.25, 0.3) is 0 Å². The van der Waals surface area contributed by atoms with Gasteiger partial charge in [-0.3, -0.25) is 9.69 Å². The van der Waals surface area contributed by atoms with E-state index in [1.165, 1.54) is 0 Å². The molecule has 2 heterocycles. The number of carbonyl (C=O) groups is 1. The zero-order valence-corrected chi connectivity index (χ0v) is 15.8. The highest BCUT2D eigenvalue weighted by atomic mass is 35.5. The van der Waals surface area contributed by atoms with Crippen molar-refractivity contribution in [1.29, 1.82) is 0 Å². The third kappa shape index (κ3) is 5.26. The first-order valence-electron chi connectivity index (χ1n) is 8.30. The predicted octanol–water partition coefficient (Wildman–Crippen LogP) is 2.54. The van der Waals surface area contributed by atoms with Crippen LogP contribution in [-0.2, 0) is 4.79 Å². The summed E-state index contributed by atoms with van der Waals surface area (Å²) < 4.78 is 0. The second-order valence-corrected chi connectivity index (χ2v) is 6.89. The van der Waals surface area contributed by atoms with Gasteiger partial charge in [0.1, 0.15) is 0 Å². The lowest BCUT2D eigenvalue weighted by Gasteiger charge is -2.37. The monoisotopic (exact) mass is 353 g/mol. The first kappa shape index (κ1) is 22.0. The van der Waals surface area contributed by atoms with Crippen LogP contribution in [0.1, 0.15) is 46.5 Å². The molecule has 2 saturated heterocycles. The summed E-state index contributed by atoms with van der Waals surface area (Å²) >= 11 is 0. The second-order valence-electron chi connectivity index (χ2n) is 6.89. The average Bonchev–Trinajstić information content (AvgIpc) is 2.81. The van der Waals surface area contributed by atoms with Gasteiger partial charge in [-0.05, 0) is 31.1 Å². The Balaban J connectivity index is 0.00000220. The van der Waals surface area contributed by atoms with E-state index in [4.69, 9.17) is 5.73 Å². The lowest BCUT2D eigenvalue weighted by molar-refractivity contribution is -0.132. The van der Waals surface area contributed by atoms with Crippen LogP contribution in [0.3, 0.4) is 0 Å². The lowest BCUT2D eigenvalue weighted by Crippen LogP contribution is -2.46. The van der Waals surface area contributed by atoms with E-state index in [1.54, 1.807) is 0 Å². The smallest absolute Gasteiger partial charge is 0.222 e. The van der Waals surface area contributed by atoms with Gasteiger partial charge < -0.3 is 10.6 Å². The van der Waals surface area contributed by atoms with Crippen LogP contribution in [0, 0.1) is 11.8 Å². The van der Waals surface area contributed by atoms with Gasteiger partial charge in [0.15, 0.2) is 0 Å². The molecule has 0 bridgehead atoms. The van der Waals surface area contributed by atoms with E-state index >= 15 is 0 Å². The molecule has 22 heavy (non-hydrogen) atoms. The molecule has 0 unspecified atom stereocenters. The molecule has 0 radical (unpaired) electrons. The number of rotatable bonds is 4. The first-order valence-corrected chi connectivity index (χ1v) is 8.30. The van der Waals surface area contributed by atoms with Crippen LogP contribution in [0.15, 0.2) is 0 Å². The molecule has 2 atom stereocenters. The summed E-state index contributed by atoms with van der Waals surface area (Å²) in [5.74, 6) is 1.64. The van der Waals surface area contributed by atoms with Crippen molar-refractivity contribution in [2.45, 2.75) is 58.5 Å². The maximum Gasteiger partial charge on any atom is 0.222 e. The summed E-state index contributed by atoms with van der Waals surface area (Å²) in [5, 5.41) is 0. The second kappa shape index (κ2) is 9.96. The van der Waals surface area contributed by atoms with Gasteiger partial charge >= 0.3 is 0 Å². The molecule has 0 aromatic carbocycles. The number of carbonyl (C=O) groups excluding carboxylic acids is 1. The number of halogens is 2. The molecule has 2 aliphatic rings. The number of amides is 1. The fraction of sp³-hybridized carbons (Fsp3) is 0.938. The quantitative estimate of drug-likeness (QED) is 0.844. The molecular formula is C16H33Cl2N3O. The van der Waals surface area contributed by atoms with E-state index in [-0.39, 0.29) is 24.8 Å². The molecule has 1 amide bonds. The zero-order valence-electron chi connectivity index (χ0n) is 14.2. The Hall–Kier alpha value is -0.0300. The highest BCUT2D eigenvalue weighted by Gasteiger charge is 2.36. The molecule has 0 saturated carbocycles. The maximum absolute atomic E-state index is 11.9. The van der Waals surface area contributed by atoms with Crippen LogP contribution in [0.5, 0.6) is 0 Å². The highest BCUT2D eigenvalue weighted by Crippen LogP contribution is 2.28. The molecular weight excluding hydrogens is 321 g/mol. The van der Waals surface area contributed by atoms with E-state index in [2.05, 4.69) is 30.6 Å². The minimum absolute atomic E-state index is 0. The minimum atomic E-state index is 0. The van der Waals surface area contributed by atoms with Crippen molar-refractivity contribution < 1.29 is 4.79 Å². The third-order valence-corrected chi connectivity index (χ3v) is 5.09. The van der Waals surface area contributed by atoms with E-state index < -0.39 is 0 Å². The van der Waals surface area contributed by atoms with Crippen LogP contribution in [-0.4, -0.2) is 54.0 Å². The largest absolute Gasteiger partial charge is 0.343 e. The number of hydrogen-bond acceptors (Lipinski definition) is 3. The molecule has 2 N–H and O–H groups in total. The molecule has 2 rings (SSSR count). The summed E-state index contributed by atoms with van der Waals surface area (Å²) in [5.41, 5.74) is 6.29. The highest BCUT2D eigenvalue weighted by molar-refractivity contribution is 5.85. The standard InChI is InChI=1S/C16H31N3O.2ClH/c1-4-5-16(20)18-8-6-13(7-9-18)19-10-14(12(2)3)15(17)11-19;;/h12-15H,4-11,17H2,1-3H3;2*1H/t14-,15+;;/m1../s1. The van der Waals surface area contributed by atoms with Crippen molar-refractivity contribution in [3.05, 3.63) is 0 Å². The van der Waals surface area contributed by atoms with Crippen LogP contribution >= 0.6 is 24.8 Å². The summed E-state index contributed by atoms with van der Waals surface area (Å²) in [6.07, 6.45) is 3.89. The topological polar surface area (TPSA) is 49.6 Å². The fourth-order valence-corrected chi connectivity index (χ4v) is 3.74. The predicted molar refractivity (Wildman–Crippen MR) is 96.9 cm³/mol. The van der Waals surface area contributed by atoms with Gasteiger partial charge in [-0.2, -0.15) is 0 Å². The van der Waals surface area contributed by atoms with Crippen LogP contribution in [0.25, 0.3) is 0 Å². The van der Waals surface area contributed by atoms with Crippen molar-refractivity contribution in [2.75, 3.05) is 26.2 Å². The zero-order chi connectivity index (χ0) is 14.7. The number of nitrogens with two attached hydrogens (primary N) is 1. The third-order valence-electron chi connectivity index (χ3n) is 5.09. The SMILES string of the molecule is CCCC(=O)N1CCC(N2C[C@H](C(C)C)[C@@H](N)C2)CC1.Cl.Cl. The van der Waals surface area contributed by atoms with E-state index in [0.29, 0.717) is 36.2 Å². The number of nitrogens with zero attached hydrogens (tertiary/aromatic N) is 2. The van der Waals surface area contributed by atoms with E-state index in [0.717, 1.165) is 45.4 Å². The first-order chi connectivity index (χ1) is 9.52. The van der Waals surface area contributed by atoms with E-state index in [1.807, 2.05) is 0 Å². The van der Waals surface area contributed by atoms with Gasteiger partial charge in [-0.1, -0.05) is 20.8 Å². The molecule has 132 valence electrons. The summed E-state index contributed by atoms with van der Waals surface area (Å²) in [4.78, 5) is 16.5. The Morgan fingerprint density at radius 1 is 1.18 bits per heavy atom. The van der Waals surface area contributed by atoms with Crippen molar-refractivity contribution >= 4 is 30.7 Å². The number of piperidine rings is 1. The molecule has 0 aromatic heterocycles. The van der Waals surface area contributed by atoms with Crippen molar-refractivity contribution in [1.82, 2.24) is 9.80 Å². The van der Waals surface area contributed by atoms with Gasteiger partial charge in [-0.25, -0.2) is 0 Å². The molecule has 0 aliphatic carbocycles. The lowest BCUT2D eigenvalue weighted by atomic mass is 9.92. The molecule has 4 nitrogen and oxygen atoms in total. The molecule has 0 spiro atoms. The van der Waals surface area contributed by atoms with Gasteiger partial charge in [0.2, 0.25) is 5.91 Å². The summed E-state index contributed by atoms with van der Waals surface area (Å²) in [6, 6.07) is 0.963. The normalized spacial score (nSPS) is 26.7. The maximum atomic E-state index is 11.9. The Morgan fingerprint density at radius 2 is 1.77 bits per heavy atom. The van der Waals surface area contributed by atoms with Crippen LogP contribution in [0.4, 0.5) is 0 Å². The Bertz CT molecular complexity index is 333. The van der Waals surface area contributed by atoms with Gasteiger partial charge in [0.05, 0.1) is 0 Å². The Labute approximate surface area is 148 Å². The average molecular weight is 354 g/mol. The number of likely N-dealkylation sites (tertiary alicyclic amines) is 2. The van der Waals surface area contributed by atoms with Crippen molar-refractivity contribution in [3.63, 3.8) is 0 Å². The molecule has 2 fully saturated rings. The Kier molecular flexibility index (Phi) is 9.95. The van der Waals surface area contributed by atoms with Gasteiger partial charge in [-0.15, -0.1) is 24.8 Å². The van der Waals surface area contributed by atoms with Crippen LogP contribution in [0.2, 0.25) is 0 Å². The fourth-order valence-electron chi connectivity index (χ4n) is 3.74. The van der Waals surface area contributed by atoms with E-state index in [9.17, 15) is 4.79 Å². The van der Waals surface area contributed by atoms with Gasteiger partial charge in [0, 0.05) is 44.7 Å². The summed E-state index contributed by atoms with van der Waals surface area (Å²) in [6.45, 7) is 10.7. The molecule has 0 aromatic rings. The van der Waals surface area contributed by atoms with Crippen molar-refractivity contribution in [3.8, 4) is 0 Å². The Morgan fingerprint density at radius 3 is 2.23 bits per heavy atom. The molecule has 2 aliphatic heterocycles. The van der Waals surface area contributed by atoms with Crippen LogP contribution < -0.4 is 5.73 Å². The minimum Gasteiger partial charge on any atom is -0.343 e. The summed E-state index contributed by atoms with van der Waals surface area (Å²) in [7, 11) is 0. The molecule has 6 heteroatoms. The van der Waals surface area contributed by atoms with Crippen molar-refractivity contribution in [2.24, 2.45) is 17.6 Å². The number of hydrogen-bond donors (Lipinski definition) is 1.